The first-order chi connectivity index (χ1) is 9.24. The lowest BCUT2D eigenvalue weighted by Crippen LogP contribution is -2.21. The molecule has 1 aliphatic heterocycles. The summed E-state index contributed by atoms with van der Waals surface area (Å²) in [6.45, 7) is 5.08. The van der Waals surface area contributed by atoms with E-state index in [4.69, 9.17) is 0 Å². The van der Waals surface area contributed by atoms with Gasteiger partial charge in [-0.2, -0.15) is 0 Å². The van der Waals surface area contributed by atoms with Gasteiger partial charge in [-0.3, -0.25) is 0 Å². The average molecular weight is 264 g/mol. The number of nitrogens with one attached hydrogen (secondary N) is 3. The van der Waals surface area contributed by atoms with E-state index in [9.17, 15) is 0 Å². The summed E-state index contributed by atoms with van der Waals surface area (Å²) in [5, 5.41) is 10.1. The van der Waals surface area contributed by atoms with E-state index in [1.165, 1.54) is 6.42 Å². The zero-order valence-corrected chi connectivity index (χ0v) is 11.8. The van der Waals surface area contributed by atoms with Crippen LogP contribution in [0.15, 0.2) is 12.4 Å². The minimum Gasteiger partial charge on any atom is -0.370 e. The predicted molar refractivity (Wildman–Crippen MR) is 78.5 cm³/mol. The van der Waals surface area contributed by atoms with Crippen molar-refractivity contribution in [1.82, 2.24) is 20.2 Å². The number of aromatic nitrogens is 2. The quantitative estimate of drug-likeness (QED) is 0.665. The second-order valence-electron chi connectivity index (χ2n) is 5.26. The van der Waals surface area contributed by atoms with E-state index in [1.807, 2.05) is 6.07 Å². The molecular formula is C13H24N6. The molecule has 1 aromatic rings. The van der Waals surface area contributed by atoms with Crippen molar-refractivity contribution in [3.05, 3.63) is 12.4 Å². The minimum atomic E-state index is 0.708. The van der Waals surface area contributed by atoms with Crippen molar-refractivity contribution in [3.8, 4) is 0 Å². The first-order valence-electron chi connectivity index (χ1n) is 6.89. The van der Waals surface area contributed by atoms with Crippen LogP contribution in [0.2, 0.25) is 0 Å². The number of rotatable bonds is 7. The van der Waals surface area contributed by atoms with Gasteiger partial charge in [0.05, 0.1) is 0 Å². The Bertz CT molecular complexity index is 375. The van der Waals surface area contributed by atoms with Gasteiger partial charge in [0.1, 0.15) is 18.0 Å². The second-order valence-corrected chi connectivity index (χ2v) is 5.26. The third kappa shape index (κ3) is 5.00. The Morgan fingerprint density at radius 1 is 1.32 bits per heavy atom. The number of nitrogens with zero attached hydrogens (tertiary/aromatic N) is 3. The molecule has 106 valence electrons. The monoisotopic (exact) mass is 264 g/mol. The molecule has 2 rings (SSSR count). The van der Waals surface area contributed by atoms with Crippen LogP contribution in [0.25, 0.3) is 0 Å². The first kappa shape index (κ1) is 14.0. The molecule has 6 heteroatoms. The van der Waals surface area contributed by atoms with E-state index in [0.29, 0.717) is 5.92 Å². The molecule has 1 aromatic heterocycles. The molecule has 1 saturated heterocycles. The molecule has 0 radical (unpaired) electrons. The van der Waals surface area contributed by atoms with Crippen LogP contribution in [0.5, 0.6) is 0 Å². The summed E-state index contributed by atoms with van der Waals surface area (Å²) in [5.41, 5.74) is 0. The average Bonchev–Trinajstić information content (AvgIpc) is 2.89. The number of hydrogen-bond donors (Lipinski definition) is 3. The molecule has 1 fully saturated rings. The first-order valence-corrected chi connectivity index (χ1v) is 6.89. The Morgan fingerprint density at radius 2 is 2.11 bits per heavy atom. The Morgan fingerprint density at radius 3 is 2.79 bits per heavy atom. The van der Waals surface area contributed by atoms with E-state index >= 15 is 0 Å². The van der Waals surface area contributed by atoms with E-state index in [2.05, 4.69) is 44.9 Å². The fourth-order valence-corrected chi connectivity index (χ4v) is 2.10. The Hall–Kier alpha value is -1.40. The third-order valence-electron chi connectivity index (χ3n) is 3.27. The molecule has 0 spiro atoms. The lowest BCUT2D eigenvalue weighted by atomic mass is 10.1. The van der Waals surface area contributed by atoms with Crippen LogP contribution in [0.1, 0.15) is 6.42 Å². The largest absolute Gasteiger partial charge is 0.370 e. The summed E-state index contributed by atoms with van der Waals surface area (Å²) < 4.78 is 0. The van der Waals surface area contributed by atoms with Crippen molar-refractivity contribution in [2.75, 3.05) is 57.5 Å². The van der Waals surface area contributed by atoms with Gasteiger partial charge in [0.15, 0.2) is 0 Å². The summed E-state index contributed by atoms with van der Waals surface area (Å²) in [5.74, 6) is 2.48. The van der Waals surface area contributed by atoms with Crippen LogP contribution in [-0.4, -0.2) is 61.7 Å². The molecule has 1 aliphatic rings. The van der Waals surface area contributed by atoms with Crippen molar-refractivity contribution >= 4 is 11.6 Å². The van der Waals surface area contributed by atoms with Crippen LogP contribution in [0.4, 0.5) is 11.6 Å². The van der Waals surface area contributed by atoms with Gasteiger partial charge >= 0.3 is 0 Å². The summed E-state index contributed by atoms with van der Waals surface area (Å²) in [7, 11) is 4.12. The highest BCUT2D eigenvalue weighted by atomic mass is 15.1. The van der Waals surface area contributed by atoms with Crippen LogP contribution in [0, 0.1) is 5.92 Å². The number of anilines is 2. The maximum absolute atomic E-state index is 4.25. The molecule has 1 atom stereocenters. The summed E-state index contributed by atoms with van der Waals surface area (Å²) in [4.78, 5) is 10.6. The fraction of sp³-hybridized carbons (Fsp3) is 0.692. The summed E-state index contributed by atoms with van der Waals surface area (Å²) >= 11 is 0. The lowest BCUT2D eigenvalue weighted by Gasteiger charge is -2.13. The molecule has 0 aliphatic carbocycles. The standard InChI is InChI=1S/C13H24N6/c1-19(2)6-5-15-12-7-13(18-10-17-12)16-9-11-3-4-14-8-11/h7,10-11,14H,3-6,8-9H2,1-2H3,(H2,15,16,17,18). The number of hydrogen-bond acceptors (Lipinski definition) is 6. The zero-order valence-electron chi connectivity index (χ0n) is 11.8. The molecule has 0 saturated carbocycles. The fourth-order valence-electron chi connectivity index (χ4n) is 2.10. The highest BCUT2D eigenvalue weighted by molar-refractivity contribution is 5.46. The molecule has 19 heavy (non-hydrogen) atoms. The van der Waals surface area contributed by atoms with Gasteiger partial charge < -0.3 is 20.9 Å². The summed E-state index contributed by atoms with van der Waals surface area (Å²) in [6.07, 6.45) is 2.85. The Labute approximate surface area is 115 Å². The smallest absolute Gasteiger partial charge is 0.131 e. The summed E-state index contributed by atoms with van der Waals surface area (Å²) in [6, 6.07) is 1.97. The van der Waals surface area contributed by atoms with Gasteiger partial charge in [-0.25, -0.2) is 9.97 Å². The van der Waals surface area contributed by atoms with E-state index in [0.717, 1.165) is 44.4 Å². The van der Waals surface area contributed by atoms with Crippen molar-refractivity contribution in [3.63, 3.8) is 0 Å². The molecule has 6 nitrogen and oxygen atoms in total. The Balaban J connectivity index is 1.77. The molecule has 1 unspecified atom stereocenters. The second kappa shape index (κ2) is 7.25. The third-order valence-corrected chi connectivity index (χ3v) is 3.27. The molecule has 2 heterocycles. The van der Waals surface area contributed by atoms with Crippen molar-refractivity contribution in [1.29, 1.82) is 0 Å². The van der Waals surface area contributed by atoms with E-state index in [1.54, 1.807) is 6.33 Å². The molecular weight excluding hydrogens is 240 g/mol. The van der Waals surface area contributed by atoms with Gasteiger partial charge in [-0.15, -0.1) is 0 Å². The maximum Gasteiger partial charge on any atom is 0.131 e. The van der Waals surface area contributed by atoms with Gasteiger partial charge in [-0.05, 0) is 39.5 Å². The van der Waals surface area contributed by atoms with Gasteiger partial charge in [0, 0.05) is 25.7 Å². The normalized spacial score (nSPS) is 18.8. The minimum absolute atomic E-state index is 0.708. The highest BCUT2D eigenvalue weighted by Crippen LogP contribution is 2.11. The van der Waals surface area contributed by atoms with Gasteiger partial charge in [0.25, 0.3) is 0 Å². The zero-order chi connectivity index (χ0) is 13.5. The SMILES string of the molecule is CN(C)CCNc1cc(NCC2CCNC2)ncn1. The molecule has 3 N–H and O–H groups in total. The van der Waals surface area contributed by atoms with Crippen LogP contribution in [-0.2, 0) is 0 Å². The highest BCUT2D eigenvalue weighted by Gasteiger charge is 2.13. The van der Waals surface area contributed by atoms with E-state index < -0.39 is 0 Å². The van der Waals surface area contributed by atoms with Crippen molar-refractivity contribution < 1.29 is 0 Å². The van der Waals surface area contributed by atoms with Crippen LogP contribution < -0.4 is 16.0 Å². The molecule has 0 aromatic carbocycles. The number of likely N-dealkylation sites (N-methyl/N-ethyl adjacent to an activating group) is 1. The van der Waals surface area contributed by atoms with Crippen molar-refractivity contribution in [2.24, 2.45) is 5.92 Å². The molecule has 0 amide bonds. The predicted octanol–water partition coefficient (Wildman–Crippen LogP) is 0.472. The maximum atomic E-state index is 4.25. The molecule has 0 bridgehead atoms. The van der Waals surface area contributed by atoms with E-state index in [-0.39, 0.29) is 0 Å². The van der Waals surface area contributed by atoms with Crippen molar-refractivity contribution in [2.45, 2.75) is 6.42 Å². The van der Waals surface area contributed by atoms with Crippen LogP contribution in [0.3, 0.4) is 0 Å². The lowest BCUT2D eigenvalue weighted by molar-refractivity contribution is 0.425. The van der Waals surface area contributed by atoms with Gasteiger partial charge in [-0.1, -0.05) is 0 Å². The topological polar surface area (TPSA) is 65.1 Å². The van der Waals surface area contributed by atoms with Gasteiger partial charge in [0.2, 0.25) is 0 Å². The Kier molecular flexibility index (Phi) is 5.35. The van der Waals surface area contributed by atoms with Crippen LogP contribution >= 0.6 is 0 Å².